The lowest BCUT2D eigenvalue weighted by Gasteiger charge is -2.39. The van der Waals surface area contributed by atoms with Crippen molar-refractivity contribution < 1.29 is 19.0 Å². The summed E-state index contributed by atoms with van der Waals surface area (Å²) < 4.78 is 20.8. The van der Waals surface area contributed by atoms with Gasteiger partial charge in [0.1, 0.15) is 5.60 Å². The molecule has 2 heterocycles. The zero-order chi connectivity index (χ0) is 17.2. The molecule has 1 unspecified atom stereocenters. The van der Waals surface area contributed by atoms with Crippen molar-refractivity contribution in [2.45, 2.75) is 25.0 Å². The Bertz CT molecular complexity index is 722. The third-order valence-electron chi connectivity index (χ3n) is 4.18. The summed E-state index contributed by atoms with van der Waals surface area (Å²) >= 11 is 0. The van der Waals surface area contributed by atoms with Crippen LogP contribution >= 0.6 is 0 Å². The van der Waals surface area contributed by atoms with Crippen molar-refractivity contribution in [1.29, 1.82) is 0 Å². The molecule has 0 radical (unpaired) electrons. The molecule has 0 saturated carbocycles. The first-order chi connectivity index (χ1) is 11.5. The molecule has 1 aromatic heterocycles. The molecule has 1 saturated heterocycles. The quantitative estimate of drug-likeness (QED) is 0.905. The minimum absolute atomic E-state index is 0.0238. The van der Waals surface area contributed by atoms with Crippen molar-refractivity contribution in [2.75, 3.05) is 20.2 Å². The van der Waals surface area contributed by atoms with Crippen LogP contribution in [-0.2, 0) is 6.54 Å². The molecule has 24 heavy (non-hydrogen) atoms. The average Bonchev–Trinajstić information content (AvgIpc) is 3.06. The van der Waals surface area contributed by atoms with Crippen LogP contribution < -0.4 is 4.74 Å². The summed E-state index contributed by atoms with van der Waals surface area (Å²) in [6, 6.07) is 4.45. The second-order valence-corrected chi connectivity index (χ2v) is 5.98. The van der Waals surface area contributed by atoms with Gasteiger partial charge >= 0.3 is 0 Å². The van der Waals surface area contributed by atoms with Gasteiger partial charge in [-0.3, -0.25) is 4.79 Å². The molecule has 3 rings (SSSR count). The van der Waals surface area contributed by atoms with Crippen molar-refractivity contribution in [1.82, 2.24) is 19.9 Å². The van der Waals surface area contributed by atoms with Crippen molar-refractivity contribution in [3.63, 3.8) is 0 Å². The normalized spacial score (nSPS) is 20.9. The molecule has 1 aliphatic rings. The summed E-state index contributed by atoms with van der Waals surface area (Å²) in [5, 5.41) is 18.3. The lowest BCUT2D eigenvalue weighted by Crippen LogP contribution is -2.52. The number of ether oxygens (including phenoxy) is 1. The summed E-state index contributed by atoms with van der Waals surface area (Å²) in [7, 11) is 1.35. The van der Waals surface area contributed by atoms with Crippen LogP contribution in [0.5, 0.6) is 5.75 Å². The molecule has 1 N–H and O–H groups in total. The number of benzene rings is 1. The fourth-order valence-corrected chi connectivity index (χ4v) is 3.04. The van der Waals surface area contributed by atoms with Crippen LogP contribution in [0.1, 0.15) is 23.2 Å². The number of aliphatic hydroxyl groups is 1. The van der Waals surface area contributed by atoms with Gasteiger partial charge < -0.3 is 14.7 Å². The monoisotopic (exact) mass is 334 g/mol. The molecule has 1 aromatic carbocycles. The Balaban J connectivity index is 1.78. The zero-order valence-corrected chi connectivity index (χ0v) is 13.4. The maximum Gasteiger partial charge on any atom is 0.257 e. The number of piperidine rings is 1. The number of aromatic nitrogens is 3. The van der Waals surface area contributed by atoms with Gasteiger partial charge in [-0.15, -0.1) is 5.10 Å². The van der Waals surface area contributed by atoms with Gasteiger partial charge in [-0.05, 0) is 25.0 Å². The van der Waals surface area contributed by atoms with E-state index in [1.54, 1.807) is 12.3 Å². The highest BCUT2D eigenvalue weighted by atomic mass is 19.1. The smallest absolute Gasteiger partial charge is 0.257 e. The first-order valence-corrected chi connectivity index (χ1v) is 7.71. The van der Waals surface area contributed by atoms with Crippen molar-refractivity contribution in [3.05, 3.63) is 42.0 Å². The molecular weight excluding hydrogens is 315 g/mol. The summed E-state index contributed by atoms with van der Waals surface area (Å²) in [6.45, 7) is 0.814. The topological polar surface area (TPSA) is 80.5 Å². The van der Waals surface area contributed by atoms with Gasteiger partial charge in [0, 0.05) is 12.7 Å². The van der Waals surface area contributed by atoms with Crippen LogP contribution in [0, 0.1) is 5.82 Å². The Morgan fingerprint density at radius 3 is 3.04 bits per heavy atom. The van der Waals surface area contributed by atoms with Crippen LogP contribution in [0.25, 0.3) is 0 Å². The number of likely N-dealkylation sites (tertiary alicyclic amines) is 1. The summed E-state index contributed by atoms with van der Waals surface area (Å²) in [5.41, 5.74) is -1.17. The van der Waals surface area contributed by atoms with Crippen LogP contribution in [0.15, 0.2) is 30.6 Å². The van der Waals surface area contributed by atoms with Gasteiger partial charge in [-0.1, -0.05) is 11.3 Å². The zero-order valence-electron chi connectivity index (χ0n) is 13.4. The standard InChI is InChI=1S/C16H19FN4O3/c1-24-13-5-2-4-12(14(13)17)15(22)20-8-3-6-16(23,10-20)11-21-9-7-18-19-21/h2,4-5,7,9,23H,3,6,8,10-11H2,1H3. The number of β-amino-alcohol motifs (C(OH)–C–C–N with tert-alkyl or cyclic N) is 1. The Labute approximate surface area is 138 Å². The third kappa shape index (κ3) is 3.23. The summed E-state index contributed by atoms with van der Waals surface area (Å²) in [4.78, 5) is 14.1. The van der Waals surface area contributed by atoms with Gasteiger partial charge in [-0.25, -0.2) is 9.07 Å². The number of hydrogen-bond donors (Lipinski definition) is 1. The van der Waals surface area contributed by atoms with Crippen molar-refractivity contribution in [2.24, 2.45) is 0 Å². The number of hydrogen-bond acceptors (Lipinski definition) is 5. The van der Waals surface area contributed by atoms with E-state index in [-0.39, 0.29) is 24.4 Å². The van der Waals surface area contributed by atoms with E-state index in [4.69, 9.17) is 4.74 Å². The van der Waals surface area contributed by atoms with Gasteiger partial charge in [-0.2, -0.15) is 0 Å². The van der Waals surface area contributed by atoms with Gasteiger partial charge in [0.15, 0.2) is 11.6 Å². The number of methoxy groups -OCH3 is 1. The van der Waals surface area contributed by atoms with Crippen LogP contribution in [0.3, 0.4) is 0 Å². The van der Waals surface area contributed by atoms with E-state index in [1.807, 2.05) is 0 Å². The Kier molecular flexibility index (Phi) is 4.48. The Hall–Kier alpha value is -2.48. The number of rotatable bonds is 4. The number of carbonyl (C=O) groups is 1. The Morgan fingerprint density at radius 2 is 2.33 bits per heavy atom. The molecule has 1 atom stereocenters. The largest absolute Gasteiger partial charge is 0.494 e. The molecule has 0 bridgehead atoms. The average molecular weight is 334 g/mol. The van der Waals surface area contributed by atoms with Crippen LogP contribution in [-0.4, -0.2) is 56.7 Å². The second kappa shape index (κ2) is 6.56. The first-order valence-electron chi connectivity index (χ1n) is 7.71. The van der Waals surface area contributed by atoms with Crippen molar-refractivity contribution >= 4 is 5.91 Å². The van der Waals surface area contributed by atoms with Gasteiger partial charge in [0.05, 0.1) is 32.0 Å². The number of halogens is 1. The van der Waals surface area contributed by atoms with E-state index < -0.39 is 17.3 Å². The van der Waals surface area contributed by atoms with E-state index in [0.29, 0.717) is 19.4 Å². The minimum atomic E-state index is -1.11. The minimum Gasteiger partial charge on any atom is -0.494 e. The maximum atomic E-state index is 14.3. The second-order valence-electron chi connectivity index (χ2n) is 5.98. The highest BCUT2D eigenvalue weighted by molar-refractivity contribution is 5.95. The molecular formula is C16H19FN4O3. The molecule has 1 aliphatic heterocycles. The molecule has 7 nitrogen and oxygen atoms in total. The molecule has 8 heteroatoms. The predicted octanol–water partition coefficient (Wildman–Crippen LogP) is 1.09. The first kappa shape index (κ1) is 16.4. The number of amides is 1. The van der Waals surface area contributed by atoms with Gasteiger partial charge in [0.25, 0.3) is 5.91 Å². The molecule has 2 aromatic rings. The Morgan fingerprint density at radius 1 is 1.50 bits per heavy atom. The number of nitrogens with zero attached hydrogens (tertiary/aromatic N) is 4. The summed E-state index contributed by atoms with van der Waals surface area (Å²) in [5.74, 6) is -1.12. The predicted molar refractivity (Wildman–Crippen MR) is 83.1 cm³/mol. The van der Waals surface area contributed by atoms with E-state index in [0.717, 1.165) is 0 Å². The third-order valence-corrected chi connectivity index (χ3v) is 4.18. The van der Waals surface area contributed by atoms with Crippen molar-refractivity contribution in [3.8, 4) is 5.75 Å². The number of carbonyl (C=O) groups excluding carboxylic acids is 1. The maximum absolute atomic E-state index is 14.3. The van der Waals surface area contributed by atoms with E-state index in [1.165, 1.54) is 35.0 Å². The van der Waals surface area contributed by atoms with Crippen LogP contribution in [0.2, 0.25) is 0 Å². The fraction of sp³-hybridized carbons (Fsp3) is 0.438. The molecule has 1 fully saturated rings. The highest BCUT2D eigenvalue weighted by Gasteiger charge is 2.37. The fourth-order valence-electron chi connectivity index (χ4n) is 3.04. The molecule has 1 amide bonds. The summed E-state index contributed by atoms with van der Waals surface area (Å²) in [6.07, 6.45) is 4.35. The molecule has 128 valence electrons. The SMILES string of the molecule is COc1cccc(C(=O)N2CCCC(O)(Cn3ccnn3)C2)c1F. The van der Waals surface area contributed by atoms with E-state index in [9.17, 15) is 14.3 Å². The lowest BCUT2D eigenvalue weighted by atomic mass is 9.92. The molecule has 0 aliphatic carbocycles. The lowest BCUT2D eigenvalue weighted by molar-refractivity contribution is -0.0388. The van der Waals surface area contributed by atoms with E-state index in [2.05, 4.69) is 10.3 Å². The van der Waals surface area contributed by atoms with E-state index >= 15 is 0 Å². The highest BCUT2D eigenvalue weighted by Crippen LogP contribution is 2.26. The molecule has 0 spiro atoms. The van der Waals surface area contributed by atoms with Crippen LogP contribution in [0.4, 0.5) is 4.39 Å². The van der Waals surface area contributed by atoms with Gasteiger partial charge in [0.2, 0.25) is 0 Å².